The maximum Gasteiger partial charge on any atom is 0.242 e. The first-order valence-corrected chi connectivity index (χ1v) is 9.77. The van der Waals surface area contributed by atoms with Crippen LogP contribution in [-0.2, 0) is 20.4 Å². The van der Waals surface area contributed by atoms with E-state index in [9.17, 15) is 13.2 Å². The Labute approximate surface area is 144 Å². The minimum absolute atomic E-state index is 0.114. The van der Waals surface area contributed by atoms with Crippen LogP contribution >= 0.6 is 0 Å². The van der Waals surface area contributed by atoms with Crippen molar-refractivity contribution in [2.24, 2.45) is 0 Å². The molecule has 0 aliphatic carbocycles. The lowest BCUT2D eigenvalue weighted by Crippen LogP contribution is -2.36. The predicted octanol–water partition coefficient (Wildman–Crippen LogP) is 3.27. The van der Waals surface area contributed by atoms with E-state index in [0.29, 0.717) is 6.54 Å². The predicted molar refractivity (Wildman–Crippen MR) is 97.9 cm³/mol. The van der Waals surface area contributed by atoms with Gasteiger partial charge >= 0.3 is 0 Å². The number of aryl methyl sites for hydroxylation is 2. The van der Waals surface area contributed by atoms with Crippen LogP contribution in [0.4, 0.5) is 5.69 Å². The Bertz CT molecular complexity index is 828. The van der Waals surface area contributed by atoms with Gasteiger partial charge in [-0.15, -0.1) is 0 Å². The van der Waals surface area contributed by atoms with E-state index in [-0.39, 0.29) is 11.7 Å². The number of carbonyl (C=O) groups excluding carboxylic acids is 1. The number of benzene rings is 2. The van der Waals surface area contributed by atoms with Crippen molar-refractivity contribution in [1.29, 1.82) is 0 Å². The molecule has 0 saturated carbocycles. The molecular weight excluding hydrogens is 322 g/mol. The van der Waals surface area contributed by atoms with E-state index in [2.05, 4.69) is 0 Å². The number of sulfone groups is 1. The Morgan fingerprint density at radius 2 is 1.54 bits per heavy atom. The molecule has 0 fully saturated rings. The number of para-hydroxylation sites is 1. The summed E-state index contributed by atoms with van der Waals surface area (Å²) >= 11 is 0. The van der Waals surface area contributed by atoms with Gasteiger partial charge in [-0.3, -0.25) is 4.79 Å². The van der Waals surface area contributed by atoms with Crippen LogP contribution < -0.4 is 4.90 Å². The van der Waals surface area contributed by atoms with Crippen LogP contribution in [0.25, 0.3) is 0 Å². The molecule has 0 unspecified atom stereocenters. The second-order valence-corrected chi connectivity index (χ2v) is 7.95. The molecule has 4 nitrogen and oxygen atoms in total. The molecule has 0 bridgehead atoms. The van der Waals surface area contributed by atoms with Gasteiger partial charge in [0.05, 0.1) is 5.75 Å². The number of rotatable bonds is 6. The second-order valence-electron chi connectivity index (χ2n) is 5.88. The van der Waals surface area contributed by atoms with Crippen LogP contribution in [0.2, 0.25) is 0 Å². The van der Waals surface area contributed by atoms with E-state index in [4.69, 9.17) is 0 Å². The zero-order valence-electron chi connectivity index (χ0n) is 14.3. The summed E-state index contributed by atoms with van der Waals surface area (Å²) in [6, 6.07) is 14.8. The van der Waals surface area contributed by atoms with Crippen molar-refractivity contribution in [2.45, 2.75) is 26.5 Å². The van der Waals surface area contributed by atoms with Crippen molar-refractivity contribution >= 4 is 21.4 Å². The van der Waals surface area contributed by atoms with E-state index in [1.807, 2.05) is 63.2 Å². The fraction of sp³-hybridized carbons (Fsp3) is 0.316. The van der Waals surface area contributed by atoms with Gasteiger partial charge in [0.25, 0.3) is 0 Å². The van der Waals surface area contributed by atoms with Crippen LogP contribution in [0.5, 0.6) is 0 Å². The summed E-state index contributed by atoms with van der Waals surface area (Å²) in [5.74, 6) is -0.986. The minimum Gasteiger partial charge on any atom is -0.312 e. The van der Waals surface area contributed by atoms with E-state index >= 15 is 0 Å². The lowest BCUT2D eigenvalue weighted by atomic mass is 10.1. The van der Waals surface area contributed by atoms with Crippen LogP contribution in [0, 0.1) is 13.8 Å². The molecule has 0 N–H and O–H groups in total. The molecule has 0 radical (unpaired) electrons. The Kier molecular flexibility index (Phi) is 5.78. The molecule has 5 heteroatoms. The molecule has 0 aliphatic heterocycles. The highest BCUT2D eigenvalue weighted by Crippen LogP contribution is 2.20. The van der Waals surface area contributed by atoms with Crippen LogP contribution in [0.15, 0.2) is 48.5 Å². The van der Waals surface area contributed by atoms with Gasteiger partial charge in [0.15, 0.2) is 9.84 Å². The first-order valence-electron chi connectivity index (χ1n) is 7.95. The van der Waals surface area contributed by atoms with Crippen molar-refractivity contribution in [3.63, 3.8) is 0 Å². The number of nitrogens with zero attached hydrogens (tertiary/aromatic N) is 1. The molecule has 128 valence electrons. The Balaban J connectivity index is 2.18. The molecule has 2 aromatic rings. The number of anilines is 1. The number of carbonyl (C=O) groups is 1. The highest BCUT2D eigenvalue weighted by atomic mass is 32.2. The number of hydrogen-bond donors (Lipinski definition) is 0. The summed E-state index contributed by atoms with van der Waals surface area (Å²) in [4.78, 5) is 14.1. The van der Waals surface area contributed by atoms with Crippen molar-refractivity contribution in [3.8, 4) is 0 Å². The van der Waals surface area contributed by atoms with Crippen molar-refractivity contribution in [3.05, 3.63) is 65.2 Å². The Hall–Kier alpha value is -2.14. The summed E-state index contributed by atoms with van der Waals surface area (Å²) in [5, 5.41) is 0. The van der Waals surface area contributed by atoms with Gasteiger partial charge in [-0.2, -0.15) is 0 Å². The molecule has 2 aromatic carbocycles. The minimum atomic E-state index is -3.52. The van der Waals surface area contributed by atoms with Gasteiger partial charge in [-0.25, -0.2) is 8.42 Å². The van der Waals surface area contributed by atoms with Gasteiger partial charge in [0.2, 0.25) is 5.91 Å². The maximum absolute atomic E-state index is 12.6. The number of hydrogen-bond acceptors (Lipinski definition) is 3. The summed E-state index contributed by atoms with van der Waals surface area (Å²) < 4.78 is 24.9. The van der Waals surface area contributed by atoms with Gasteiger partial charge in [-0.05, 0) is 43.5 Å². The topological polar surface area (TPSA) is 54.5 Å². The Morgan fingerprint density at radius 1 is 0.958 bits per heavy atom. The molecule has 0 spiro atoms. The molecule has 2 rings (SSSR count). The van der Waals surface area contributed by atoms with Gasteiger partial charge in [0.1, 0.15) is 5.75 Å². The highest BCUT2D eigenvalue weighted by Gasteiger charge is 2.23. The first kappa shape index (κ1) is 18.2. The third-order valence-corrected chi connectivity index (χ3v) is 5.44. The average molecular weight is 345 g/mol. The Morgan fingerprint density at radius 3 is 2.12 bits per heavy atom. The SMILES string of the molecule is CCN(C(=O)CS(=O)(=O)Cc1ccccc1C)c1ccccc1C. The molecule has 0 saturated heterocycles. The summed E-state index contributed by atoms with van der Waals surface area (Å²) in [6.45, 7) is 6.06. The van der Waals surface area contributed by atoms with Crippen molar-refractivity contribution in [1.82, 2.24) is 0 Å². The zero-order valence-corrected chi connectivity index (χ0v) is 15.1. The number of amides is 1. The van der Waals surface area contributed by atoms with Crippen molar-refractivity contribution < 1.29 is 13.2 Å². The zero-order chi connectivity index (χ0) is 17.7. The molecule has 0 aliphatic rings. The van der Waals surface area contributed by atoms with Crippen LogP contribution in [0.1, 0.15) is 23.6 Å². The summed E-state index contributed by atoms with van der Waals surface area (Å²) in [7, 11) is -3.52. The molecule has 0 atom stereocenters. The fourth-order valence-electron chi connectivity index (χ4n) is 2.67. The van der Waals surface area contributed by atoms with E-state index < -0.39 is 15.6 Å². The third-order valence-electron chi connectivity index (χ3n) is 4.00. The first-order chi connectivity index (χ1) is 11.3. The van der Waals surface area contributed by atoms with E-state index in [1.54, 1.807) is 6.07 Å². The normalized spacial score (nSPS) is 11.3. The molecule has 0 heterocycles. The van der Waals surface area contributed by atoms with Gasteiger partial charge in [-0.1, -0.05) is 42.5 Å². The monoisotopic (exact) mass is 345 g/mol. The van der Waals surface area contributed by atoms with Crippen LogP contribution in [-0.4, -0.2) is 26.6 Å². The molecule has 24 heavy (non-hydrogen) atoms. The second kappa shape index (κ2) is 7.62. The summed E-state index contributed by atoms with van der Waals surface area (Å²) in [5.41, 5.74) is 3.36. The largest absolute Gasteiger partial charge is 0.312 e. The highest BCUT2D eigenvalue weighted by molar-refractivity contribution is 7.91. The lowest BCUT2D eigenvalue weighted by molar-refractivity contribution is -0.116. The molecule has 0 aromatic heterocycles. The fourth-order valence-corrected chi connectivity index (χ4v) is 4.11. The maximum atomic E-state index is 12.6. The van der Waals surface area contributed by atoms with E-state index in [0.717, 1.165) is 22.4 Å². The smallest absolute Gasteiger partial charge is 0.242 e. The quantitative estimate of drug-likeness (QED) is 0.807. The molecular formula is C19H23NO3S. The molecule has 1 amide bonds. The van der Waals surface area contributed by atoms with Gasteiger partial charge in [0, 0.05) is 12.2 Å². The van der Waals surface area contributed by atoms with Crippen LogP contribution in [0.3, 0.4) is 0 Å². The summed E-state index contributed by atoms with van der Waals surface area (Å²) in [6.07, 6.45) is 0. The van der Waals surface area contributed by atoms with Crippen molar-refractivity contribution in [2.75, 3.05) is 17.2 Å². The van der Waals surface area contributed by atoms with E-state index in [1.165, 1.54) is 4.90 Å². The van der Waals surface area contributed by atoms with Gasteiger partial charge < -0.3 is 4.90 Å². The third kappa shape index (κ3) is 4.45. The standard InChI is InChI=1S/C19H23NO3S/c1-4-20(18-12-8-6-10-16(18)3)19(21)14-24(22,23)13-17-11-7-5-9-15(17)2/h5-12H,4,13-14H2,1-3H3. The lowest BCUT2D eigenvalue weighted by Gasteiger charge is -2.23. The average Bonchev–Trinajstić information content (AvgIpc) is 2.51.